The number of amidine groups is 1. The molecule has 2 aromatic carbocycles. The zero-order valence-corrected chi connectivity index (χ0v) is 17.0. The highest BCUT2D eigenvalue weighted by molar-refractivity contribution is 5.98. The first-order valence-electron chi connectivity index (χ1n) is 10.2. The number of ether oxygens (including phenoxy) is 2. The van der Waals surface area contributed by atoms with Gasteiger partial charge in [-0.1, -0.05) is 6.07 Å². The minimum absolute atomic E-state index is 0.124. The number of halogens is 2. The van der Waals surface area contributed by atoms with E-state index in [4.69, 9.17) is 15.2 Å². The Bertz CT molecular complexity index is 1160. The molecule has 1 saturated carbocycles. The van der Waals surface area contributed by atoms with Crippen LogP contribution in [0.5, 0.6) is 5.75 Å². The summed E-state index contributed by atoms with van der Waals surface area (Å²) in [5, 5.41) is 9.19. The third-order valence-corrected chi connectivity index (χ3v) is 6.70. The minimum Gasteiger partial charge on any atom is -0.484 e. The number of rotatable bonds is 2. The molecular formula is C24H21F2N3O2. The van der Waals surface area contributed by atoms with Gasteiger partial charge >= 0.3 is 0 Å². The molecule has 2 N–H and O–H groups in total. The van der Waals surface area contributed by atoms with Crippen LogP contribution in [0.15, 0.2) is 53.3 Å². The van der Waals surface area contributed by atoms with E-state index < -0.39 is 22.8 Å². The van der Waals surface area contributed by atoms with Crippen molar-refractivity contribution in [2.24, 2.45) is 10.7 Å². The number of hydrogen-bond acceptors (Lipinski definition) is 5. The molecule has 2 spiro atoms. The molecule has 0 saturated heterocycles. The van der Waals surface area contributed by atoms with Gasteiger partial charge in [-0.2, -0.15) is 5.26 Å². The summed E-state index contributed by atoms with van der Waals surface area (Å²) in [6, 6.07) is 11.6. The van der Waals surface area contributed by atoms with E-state index in [0.29, 0.717) is 35.3 Å². The molecule has 2 aromatic rings. The SMILES string of the molecule is COC1CCC2(CC1)Oc1ccc(-c3cc(F)cc(C#N)c3)cc1C21C=C(F)C(N)=N1. The number of benzene rings is 2. The molecule has 1 aliphatic carbocycles. The molecule has 5 rings (SSSR count). The molecule has 0 aromatic heterocycles. The van der Waals surface area contributed by atoms with Crippen molar-refractivity contribution in [3.05, 3.63) is 65.2 Å². The van der Waals surface area contributed by atoms with Crippen molar-refractivity contribution in [2.75, 3.05) is 7.11 Å². The van der Waals surface area contributed by atoms with Gasteiger partial charge in [-0.05, 0) is 73.2 Å². The molecule has 1 atom stereocenters. The van der Waals surface area contributed by atoms with Crippen molar-refractivity contribution in [1.82, 2.24) is 0 Å². The summed E-state index contributed by atoms with van der Waals surface area (Å²) in [7, 11) is 1.69. The molecule has 1 unspecified atom stereocenters. The largest absolute Gasteiger partial charge is 0.484 e. The lowest BCUT2D eigenvalue weighted by Gasteiger charge is -2.43. The second-order valence-corrected chi connectivity index (χ2v) is 8.34. The van der Waals surface area contributed by atoms with Crippen molar-refractivity contribution in [3.8, 4) is 22.9 Å². The number of fused-ring (bicyclic) bond motifs is 3. The van der Waals surface area contributed by atoms with Crippen LogP contribution in [0.3, 0.4) is 0 Å². The molecule has 7 heteroatoms. The van der Waals surface area contributed by atoms with Crippen LogP contribution in [0.1, 0.15) is 36.8 Å². The van der Waals surface area contributed by atoms with E-state index in [-0.39, 0.29) is 17.5 Å². The van der Waals surface area contributed by atoms with Gasteiger partial charge in [0.2, 0.25) is 0 Å². The molecule has 2 aliphatic heterocycles. The van der Waals surface area contributed by atoms with Gasteiger partial charge < -0.3 is 15.2 Å². The van der Waals surface area contributed by atoms with Crippen LogP contribution >= 0.6 is 0 Å². The van der Waals surface area contributed by atoms with Gasteiger partial charge in [0.05, 0.1) is 17.7 Å². The molecular weight excluding hydrogens is 400 g/mol. The molecule has 158 valence electrons. The minimum atomic E-state index is -1.09. The number of nitrogens with two attached hydrogens (primary N) is 1. The Morgan fingerprint density at radius 3 is 2.58 bits per heavy atom. The molecule has 0 bridgehead atoms. The fourth-order valence-electron chi connectivity index (χ4n) is 5.13. The van der Waals surface area contributed by atoms with Crippen molar-refractivity contribution < 1.29 is 18.3 Å². The lowest BCUT2D eigenvalue weighted by atomic mass is 9.68. The van der Waals surface area contributed by atoms with Crippen LogP contribution in [0.2, 0.25) is 0 Å². The fourth-order valence-corrected chi connectivity index (χ4v) is 5.13. The normalized spacial score (nSPS) is 28.8. The van der Waals surface area contributed by atoms with Gasteiger partial charge in [0.25, 0.3) is 0 Å². The van der Waals surface area contributed by atoms with E-state index in [1.165, 1.54) is 18.2 Å². The zero-order chi connectivity index (χ0) is 21.8. The zero-order valence-electron chi connectivity index (χ0n) is 17.0. The number of methoxy groups -OCH3 is 1. The third-order valence-electron chi connectivity index (χ3n) is 6.70. The second-order valence-electron chi connectivity index (χ2n) is 8.34. The Morgan fingerprint density at radius 2 is 1.94 bits per heavy atom. The van der Waals surface area contributed by atoms with E-state index >= 15 is 0 Å². The number of nitrogens with zero attached hydrogens (tertiary/aromatic N) is 2. The van der Waals surface area contributed by atoms with Gasteiger partial charge in [0, 0.05) is 12.7 Å². The highest BCUT2D eigenvalue weighted by atomic mass is 19.1. The van der Waals surface area contributed by atoms with Crippen molar-refractivity contribution in [1.29, 1.82) is 5.26 Å². The van der Waals surface area contributed by atoms with E-state index in [1.807, 2.05) is 18.2 Å². The number of aliphatic imine (C=N–C) groups is 1. The maximum Gasteiger partial charge on any atom is 0.163 e. The smallest absolute Gasteiger partial charge is 0.163 e. The van der Waals surface area contributed by atoms with Gasteiger partial charge in [0.15, 0.2) is 17.2 Å². The van der Waals surface area contributed by atoms with Crippen LogP contribution in [0.25, 0.3) is 11.1 Å². The Kier molecular flexibility index (Phi) is 4.38. The summed E-state index contributed by atoms with van der Waals surface area (Å²) in [6.45, 7) is 0. The van der Waals surface area contributed by atoms with E-state index in [0.717, 1.165) is 12.8 Å². The number of hydrogen-bond donors (Lipinski definition) is 1. The van der Waals surface area contributed by atoms with Crippen LogP contribution in [-0.4, -0.2) is 24.7 Å². The topological polar surface area (TPSA) is 80.6 Å². The maximum atomic E-state index is 14.6. The van der Waals surface area contributed by atoms with E-state index in [2.05, 4.69) is 4.99 Å². The van der Waals surface area contributed by atoms with Crippen LogP contribution < -0.4 is 10.5 Å². The lowest BCUT2D eigenvalue weighted by molar-refractivity contribution is -0.0426. The predicted molar refractivity (Wildman–Crippen MR) is 112 cm³/mol. The molecule has 1 fully saturated rings. The first kappa shape index (κ1) is 19.7. The average molecular weight is 421 g/mol. The predicted octanol–water partition coefficient (Wildman–Crippen LogP) is 4.50. The monoisotopic (exact) mass is 421 g/mol. The standard InChI is InChI=1S/C24H21F2N3O2/c1-30-18-4-6-23(7-5-18)24(12-20(26)22(28)29-24)19-11-15(2-3-21(19)31-23)16-8-14(13-27)9-17(25)10-16/h2-3,8-12,18H,4-7H2,1H3,(H2,28,29). The van der Waals surface area contributed by atoms with Crippen LogP contribution in [0, 0.1) is 17.1 Å². The molecule has 31 heavy (non-hydrogen) atoms. The first-order chi connectivity index (χ1) is 14.9. The van der Waals surface area contributed by atoms with Gasteiger partial charge in [-0.25, -0.2) is 13.8 Å². The quantitative estimate of drug-likeness (QED) is 0.774. The highest BCUT2D eigenvalue weighted by Crippen LogP contribution is 2.59. The molecule has 3 aliphatic rings. The third kappa shape index (κ3) is 2.86. The Morgan fingerprint density at radius 1 is 1.16 bits per heavy atom. The average Bonchev–Trinajstić information content (AvgIpc) is 3.21. The van der Waals surface area contributed by atoms with Crippen molar-refractivity contribution in [3.63, 3.8) is 0 Å². The van der Waals surface area contributed by atoms with Gasteiger partial charge in [0.1, 0.15) is 17.2 Å². The Balaban J connectivity index is 1.65. The van der Waals surface area contributed by atoms with Crippen LogP contribution in [-0.2, 0) is 10.3 Å². The Hall–Kier alpha value is -3.24. The lowest BCUT2D eigenvalue weighted by Crippen LogP contribution is -2.52. The summed E-state index contributed by atoms with van der Waals surface area (Å²) in [5.41, 5.74) is 6.20. The van der Waals surface area contributed by atoms with Crippen molar-refractivity contribution in [2.45, 2.75) is 42.9 Å². The summed E-state index contributed by atoms with van der Waals surface area (Å²) in [4.78, 5) is 4.59. The van der Waals surface area contributed by atoms with Gasteiger partial charge in [-0.15, -0.1) is 0 Å². The summed E-state index contributed by atoms with van der Waals surface area (Å²) in [5.74, 6) is -0.594. The summed E-state index contributed by atoms with van der Waals surface area (Å²) >= 11 is 0. The molecule has 0 amide bonds. The summed E-state index contributed by atoms with van der Waals surface area (Å²) in [6.07, 6.45) is 4.37. The first-order valence-corrected chi connectivity index (χ1v) is 10.2. The summed E-state index contributed by atoms with van der Waals surface area (Å²) < 4.78 is 40.6. The molecule has 5 nitrogen and oxygen atoms in total. The second kappa shape index (κ2) is 6.89. The van der Waals surface area contributed by atoms with E-state index in [9.17, 15) is 14.0 Å². The van der Waals surface area contributed by atoms with Crippen LogP contribution in [0.4, 0.5) is 8.78 Å². The van der Waals surface area contributed by atoms with Gasteiger partial charge in [-0.3, -0.25) is 0 Å². The highest BCUT2D eigenvalue weighted by Gasteiger charge is 2.62. The van der Waals surface area contributed by atoms with E-state index in [1.54, 1.807) is 19.2 Å². The molecule has 0 radical (unpaired) electrons. The maximum absolute atomic E-state index is 14.6. The molecule has 2 heterocycles. The van der Waals surface area contributed by atoms with Crippen molar-refractivity contribution >= 4 is 5.84 Å². The fraction of sp³-hybridized carbons (Fsp3) is 0.333. The Labute approximate surface area is 178 Å². The number of nitriles is 1.